The Morgan fingerprint density at radius 1 is 1.29 bits per heavy atom. The number of rotatable bonds is 1. The summed E-state index contributed by atoms with van der Waals surface area (Å²) in [5.41, 5.74) is 5.28. The van der Waals surface area contributed by atoms with E-state index in [1.165, 1.54) is 5.56 Å². The Labute approximate surface area is 165 Å². The van der Waals surface area contributed by atoms with E-state index in [0.717, 1.165) is 28.6 Å². The molecule has 4 rings (SSSR count). The molecule has 1 N–H and O–H groups in total. The van der Waals surface area contributed by atoms with Gasteiger partial charge in [0.05, 0.1) is 29.0 Å². The summed E-state index contributed by atoms with van der Waals surface area (Å²) in [6, 6.07) is 13.9. The predicted octanol–water partition coefficient (Wildman–Crippen LogP) is 4.09. The fourth-order valence-corrected chi connectivity index (χ4v) is 4.18. The molecule has 0 saturated heterocycles. The lowest BCUT2D eigenvalue weighted by Gasteiger charge is -2.39. The second-order valence-corrected chi connectivity index (χ2v) is 8.52. The quantitative estimate of drug-likeness (QED) is 0.699. The van der Waals surface area contributed by atoms with Crippen LogP contribution in [0.25, 0.3) is 11.0 Å². The van der Waals surface area contributed by atoms with Crippen LogP contribution in [-0.4, -0.2) is 33.4 Å². The summed E-state index contributed by atoms with van der Waals surface area (Å²) in [7, 11) is 0. The largest absolute Gasteiger partial charge is 0.345 e. The van der Waals surface area contributed by atoms with Gasteiger partial charge >= 0.3 is 0 Å². The average Bonchev–Trinajstić information content (AvgIpc) is 3.04. The molecule has 3 aromatic rings. The molecular weight excluding hydrogens is 348 g/mol. The molecule has 5 heteroatoms. The molecule has 142 valence electrons. The number of hydrogen-bond acceptors (Lipinski definition) is 3. The summed E-state index contributed by atoms with van der Waals surface area (Å²) in [4.78, 5) is 22.8. The van der Waals surface area contributed by atoms with E-state index in [1.54, 1.807) is 6.33 Å². The van der Waals surface area contributed by atoms with Gasteiger partial charge in [0.2, 0.25) is 0 Å². The fraction of sp³-hybridized carbons (Fsp3) is 0.348. The van der Waals surface area contributed by atoms with Crippen LogP contribution in [0.4, 0.5) is 0 Å². The van der Waals surface area contributed by atoms with Gasteiger partial charge in [-0.2, -0.15) is 5.26 Å². The molecule has 2 aromatic carbocycles. The Morgan fingerprint density at radius 2 is 2.11 bits per heavy atom. The molecule has 0 radical (unpaired) electrons. The lowest BCUT2D eigenvalue weighted by atomic mass is 9.81. The topological polar surface area (TPSA) is 72.8 Å². The third-order valence-corrected chi connectivity index (χ3v) is 5.71. The Kier molecular flexibility index (Phi) is 4.43. The minimum absolute atomic E-state index is 0.0303. The van der Waals surface area contributed by atoms with Crippen LogP contribution in [0.3, 0.4) is 0 Å². The van der Waals surface area contributed by atoms with Crippen molar-refractivity contribution < 1.29 is 4.79 Å². The number of fused-ring (bicyclic) bond motifs is 2. The number of nitrogens with zero attached hydrogens (tertiary/aromatic N) is 3. The third kappa shape index (κ3) is 3.16. The highest BCUT2D eigenvalue weighted by atomic mass is 16.2. The number of H-pyrrole nitrogens is 1. The second kappa shape index (κ2) is 6.79. The number of hydrogen-bond donors (Lipinski definition) is 1. The first kappa shape index (κ1) is 18.2. The Balaban J connectivity index is 1.74. The lowest BCUT2D eigenvalue weighted by Crippen LogP contribution is -2.48. The zero-order chi connectivity index (χ0) is 19.9. The summed E-state index contributed by atoms with van der Waals surface area (Å²) in [6.07, 6.45) is 3.10. The van der Waals surface area contributed by atoms with E-state index in [-0.39, 0.29) is 17.4 Å². The average molecular weight is 372 g/mol. The first-order valence-corrected chi connectivity index (χ1v) is 9.63. The summed E-state index contributed by atoms with van der Waals surface area (Å²) in [6.45, 7) is 7.13. The van der Waals surface area contributed by atoms with Gasteiger partial charge in [0.25, 0.3) is 5.91 Å². The first-order valence-electron chi connectivity index (χ1n) is 9.63. The molecule has 1 aliphatic heterocycles. The summed E-state index contributed by atoms with van der Waals surface area (Å²) < 4.78 is 0. The summed E-state index contributed by atoms with van der Waals surface area (Å²) >= 11 is 0. The highest BCUT2D eigenvalue weighted by Gasteiger charge is 2.36. The van der Waals surface area contributed by atoms with E-state index in [1.807, 2.05) is 35.2 Å². The molecule has 1 atom stereocenters. The molecule has 0 bridgehead atoms. The number of nitriles is 1. The van der Waals surface area contributed by atoms with Crippen LogP contribution in [0.1, 0.15) is 47.8 Å². The highest BCUT2D eigenvalue weighted by molar-refractivity contribution is 5.97. The van der Waals surface area contributed by atoms with E-state index < -0.39 is 0 Å². The molecule has 1 unspecified atom stereocenters. The molecule has 2 heterocycles. The number of benzene rings is 2. The molecule has 0 fully saturated rings. The highest BCUT2D eigenvalue weighted by Crippen LogP contribution is 2.33. The normalized spacial score (nSPS) is 17.1. The smallest absolute Gasteiger partial charge is 0.254 e. The number of carbonyl (C=O) groups excluding carboxylic acids is 1. The molecule has 1 aromatic heterocycles. The van der Waals surface area contributed by atoms with Gasteiger partial charge in [-0.1, -0.05) is 32.9 Å². The number of carbonyl (C=O) groups is 1. The Morgan fingerprint density at radius 3 is 2.86 bits per heavy atom. The minimum Gasteiger partial charge on any atom is -0.345 e. The van der Waals surface area contributed by atoms with E-state index in [9.17, 15) is 10.1 Å². The van der Waals surface area contributed by atoms with Crippen LogP contribution in [0.5, 0.6) is 0 Å². The van der Waals surface area contributed by atoms with Crippen molar-refractivity contribution in [1.29, 1.82) is 5.26 Å². The molecule has 5 nitrogen and oxygen atoms in total. The van der Waals surface area contributed by atoms with Crippen molar-refractivity contribution >= 4 is 16.9 Å². The van der Waals surface area contributed by atoms with Crippen molar-refractivity contribution in [3.8, 4) is 6.07 Å². The van der Waals surface area contributed by atoms with Crippen LogP contribution < -0.4 is 0 Å². The van der Waals surface area contributed by atoms with E-state index in [0.29, 0.717) is 18.5 Å². The van der Waals surface area contributed by atoms with Crippen molar-refractivity contribution in [3.63, 3.8) is 0 Å². The monoisotopic (exact) mass is 372 g/mol. The van der Waals surface area contributed by atoms with Crippen molar-refractivity contribution in [2.24, 2.45) is 5.41 Å². The number of imidazole rings is 1. The first-order chi connectivity index (χ1) is 13.4. The van der Waals surface area contributed by atoms with Crippen LogP contribution in [0, 0.1) is 16.7 Å². The van der Waals surface area contributed by atoms with E-state index >= 15 is 0 Å². The molecular formula is C23H24N4O. The standard InChI is InChI=1S/C23H24N4O/c1-23(2,3)21-12-15-5-4-6-17(13-24)18(15)9-10-27(21)22(28)16-7-8-19-20(11-16)26-14-25-19/h4-8,11,14,21H,9-10,12H2,1-3H3,(H,25,26). The van der Waals surface area contributed by atoms with Gasteiger partial charge in [-0.3, -0.25) is 4.79 Å². The maximum atomic E-state index is 13.5. The number of nitrogens with one attached hydrogen (secondary N) is 1. The van der Waals surface area contributed by atoms with Gasteiger partial charge in [0.1, 0.15) is 0 Å². The van der Waals surface area contributed by atoms with Gasteiger partial charge in [-0.05, 0) is 53.6 Å². The van der Waals surface area contributed by atoms with Crippen LogP contribution >= 0.6 is 0 Å². The Bertz CT molecular complexity index is 1080. The molecule has 1 amide bonds. The number of amides is 1. The molecule has 1 aliphatic rings. The van der Waals surface area contributed by atoms with Gasteiger partial charge < -0.3 is 9.88 Å². The molecule has 0 saturated carbocycles. The van der Waals surface area contributed by atoms with Gasteiger partial charge in [-0.15, -0.1) is 0 Å². The molecule has 0 aliphatic carbocycles. The van der Waals surface area contributed by atoms with Gasteiger partial charge in [0, 0.05) is 18.2 Å². The maximum absolute atomic E-state index is 13.5. The van der Waals surface area contributed by atoms with Gasteiger partial charge in [-0.25, -0.2) is 4.98 Å². The minimum atomic E-state index is -0.0853. The van der Waals surface area contributed by atoms with Crippen molar-refractivity contribution in [1.82, 2.24) is 14.9 Å². The third-order valence-electron chi connectivity index (χ3n) is 5.71. The maximum Gasteiger partial charge on any atom is 0.254 e. The van der Waals surface area contributed by atoms with Crippen molar-refractivity contribution in [2.75, 3.05) is 6.54 Å². The fourth-order valence-electron chi connectivity index (χ4n) is 4.18. The van der Waals surface area contributed by atoms with E-state index in [4.69, 9.17) is 0 Å². The van der Waals surface area contributed by atoms with Gasteiger partial charge in [0.15, 0.2) is 0 Å². The van der Waals surface area contributed by atoms with Crippen molar-refractivity contribution in [3.05, 3.63) is 65.0 Å². The zero-order valence-electron chi connectivity index (χ0n) is 16.5. The second-order valence-electron chi connectivity index (χ2n) is 8.52. The molecule has 28 heavy (non-hydrogen) atoms. The Hall–Kier alpha value is -3.13. The van der Waals surface area contributed by atoms with E-state index in [2.05, 4.69) is 42.9 Å². The lowest BCUT2D eigenvalue weighted by molar-refractivity contribution is 0.0532. The summed E-state index contributed by atoms with van der Waals surface area (Å²) in [5.74, 6) is 0.0303. The zero-order valence-corrected chi connectivity index (χ0v) is 16.5. The number of aromatic nitrogens is 2. The summed E-state index contributed by atoms with van der Waals surface area (Å²) in [5, 5.41) is 9.50. The predicted molar refractivity (Wildman–Crippen MR) is 109 cm³/mol. The van der Waals surface area contributed by atoms with Crippen molar-refractivity contribution in [2.45, 2.75) is 39.7 Å². The molecule has 0 spiro atoms. The SMILES string of the molecule is CC(C)(C)C1Cc2cccc(C#N)c2CCN1C(=O)c1ccc2nc[nH]c2c1. The van der Waals surface area contributed by atoms with Crippen LogP contribution in [0.15, 0.2) is 42.7 Å². The van der Waals surface area contributed by atoms with Crippen LogP contribution in [0.2, 0.25) is 0 Å². The number of aromatic amines is 1. The van der Waals surface area contributed by atoms with Crippen LogP contribution in [-0.2, 0) is 12.8 Å².